The van der Waals surface area contributed by atoms with Crippen molar-refractivity contribution < 1.29 is 0 Å². The maximum absolute atomic E-state index is 6.25. The van der Waals surface area contributed by atoms with Crippen LogP contribution in [0.5, 0.6) is 0 Å². The summed E-state index contributed by atoms with van der Waals surface area (Å²) in [5.74, 6) is 0. The van der Waals surface area contributed by atoms with Crippen molar-refractivity contribution in [2.45, 2.75) is 6.92 Å². The third-order valence-corrected chi connectivity index (χ3v) is 2.96. The van der Waals surface area contributed by atoms with Gasteiger partial charge >= 0.3 is 0 Å². The molecule has 0 N–H and O–H groups in total. The number of rotatable bonds is 2. The highest BCUT2D eigenvalue weighted by atomic mass is 35.5. The van der Waals surface area contributed by atoms with E-state index in [2.05, 4.69) is 4.99 Å². The molecule has 0 unspecified atom stereocenters. The van der Waals surface area contributed by atoms with Gasteiger partial charge in [-0.15, -0.1) is 0 Å². The average molecular weight is 264 g/mol. The predicted octanol–water partition coefficient (Wildman–Crippen LogP) is 5.38. The third-order valence-electron chi connectivity index (χ3n) is 2.37. The second-order valence-electron chi connectivity index (χ2n) is 3.54. The number of hydrogen-bond donors (Lipinski definition) is 0. The van der Waals surface area contributed by atoms with Gasteiger partial charge in [0.15, 0.2) is 0 Å². The summed E-state index contributed by atoms with van der Waals surface area (Å²) >= 11 is 12.5. The molecule has 0 radical (unpaired) electrons. The van der Waals surface area contributed by atoms with E-state index in [-0.39, 0.29) is 0 Å². The maximum Gasteiger partial charge on any atom is 0.0655 e. The molecule has 0 heterocycles. The van der Waals surface area contributed by atoms with Crippen LogP contribution in [0.25, 0.3) is 11.1 Å². The zero-order valence-corrected chi connectivity index (χ0v) is 10.8. The van der Waals surface area contributed by atoms with Crippen LogP contribution in [-0.4, -0.2) is 6.21 Å². The van der Waals surface area contributed by atoms with Crippen LogP contribution < -0.4 is 0 Å². The first-order valence-corrected chi connectivity index (χ1v) is 6.01. The second kappa shape index (κ2) is 5.35. The van der Waals surface area contributed by atoms with Gasteiger partial charge in [0, 0.05) is 11.8 Å². The molecular formula is C14H11Cl2N. The predicted molar refractivity (Wildman–Crippen MR) is 75.7 cm³/mol. The lowest BCUT2D eigenvalue weighted by molar-refractivity contribution is 1.52. The summed E-state index contributed by atoms with van der Waals surface area (Å²) in [6, 6.07) is 13.5. The van der Waals surface area contributed by atoms with Gasteiger partial charge in [-0.25, -0.2) is 0 Å². The van der Waals surface area contributed by atoms with Crippen molar-refractivity contribution in [2.24, 2.45) is 4.99 Å². The Morgan fingerprint density at radius 2 is 1.59 bits per heavy atom. The molecule has 17 heavy (non-hydrogen) atoms. The van der Waals surface area contributed by atoms with Gasteiger partial charge in [-0.1, -0.05) is 53.5 Å². The standard InChI is InChI=1S/C14H11Cl2N/c1-2-17-11-8-12(15)14(13(16)9-11)10-6-4-3-5-7-10/h2-9H,1H3. The van der Waals surface area contributed by atoms with Gasteiger partial charge in [-0.2, -0.15) is 0 Å². The molecule has 0 aliphatic rings. The molecule has 1 nitrogen and oxygen atoms in total. The fourth-order valence-corrected chi connectivity index (χ4v) is 2.36. The van der Waals surface area contributed by atoms with Gasteiger partial charge in [0.25, 0.3) is 0 Å². The molecule has 2 aromatic rings. The summed E-state index contributed by atoms with van der Waals surface area (Å²) in [7, 11) is 0. The molecule has 2 rings (SSSR count). The Hall–Kier alpha value is -1.31. The molecule has 0 amide bonds. The molecule has 3 heteroatoms. The van der Waals surface area contributed by atoms with Crippen LogP contribution in [0, 0.1) is 0 Å². The molecule has 86 valence electrons. The molecule has 0 saturated heterocycles. The van der Waals surface area contributed by atoms with Crippen molar-refractivity contribution in [3.05, 3.63) is 52.5 Å². The van der Waals surface area contributed by atoms with E-state index >= 15 is 0 Å². The molecule has 0 saturated carbocycles. The molecule has 0 aliphatic carbocycles. The van der Waals surface area contributed by atoms with Gasteiger partial charge in [-0.3, -0.25) is 4.99 Å². The molecular weight excluding hydrogens is 253 g/mol. The Bertz CT molecular complexity index is 524. The molecule has 0 fully saturated rings. The van der Waals surface area contributed by atoms with Crippen molar-refractivity contribution in [3.63, 3.8) is 0 Å². The van der Waals surface area contributed by atoms with Crippen molar-refractivity contribution in [1.29, 1.82) is 0 Å². The average Bonchev–Trinajstić information content (AvgIpc) is 2.30. The van der Waals surface area contributed by atoms with Gasteiger partial charge in [0.2, 0.25) is 0 Å². The fourth-order valence-electron chi connectivity index (χ4n) is 1.66. The molecule has 0 aliphatic heterocycles. The summed E-state index contributed by atoms with van der Waals surface area (Å²) < 4.78 is 0. The Kier molecular flexibility index (Phi) is 3.82. The van der Waals surface area contributed by atoms with Crippen LogP contribution in [0.15, 0.2) is 47.5 Å². The van der Waals surface area contributed by atoms with Crippen LogP contribution >= 0.6 is 23.2 Å². The summed E-state index contributed by atoms with van der Waals surface area (Å²) in [6.45, 7) is 1.85. The van der Waals surface area contributed by atoms with E-state index in [0.29, 0.717) is 10.0 Å². The Morgan fingerprint density at radius 1 is 1.00 bits per heavy atom. The highest BCUT2D eigenvalue weighted by molar-refractivity contribution is 6.39. The first-order valence-electron chi connectivity index (χ1n) is 5.25. The van der Waals surface area contributed by atoms with Gasteiger partial charge in [-0.05, 0) is 24.6 Å². The van der Waals surface area contributed by atoms with E-state index in [1.165, 1.54) is 0 Å². The summed E-state index contributed by atoms with van der Waals surface area (Å²) in [5.41, 5.74) is 2.63. The summed E-state index contributed by atoms with van der Waals surface area (Å²) in [4.78, 5) is 4.17. The quantitative estimate of drug-likeness (QED) is 0.645. The first kappa shape index (κ1) is 12.2. The van der Waals surface area contributed by atoms with Crippen molar-refractivity contribution in [1.82, 2.24) is 0 Å². The van der Waals surface area contributed by atoms with E-state index in [1.54, 1.807) is 6.21 Å². The largest absolute Gasteiger partial charge is 0.261 e. The topological polar surface area (TPSA) is 12.4 Å². The van der Waals surface area contributed by atoms with E-state index in [0.717, 1.165) is 16.8 Å². The molecule has 0 bridgehead atoms. The molecule has 0 aromatic heterocycles. The second-order valence-corrected chi connectivity index (χ2v) is 4.35. The maximum atomic E-state index is 6.25. The van der Waals surface area contributed by atoms with Gasteiger partial charge < -0.3 is 0 Å². The van der Waals surface area contributed by atoms with E-state index < -0.39 is 0 Å². The lowest BCUT2D eigenvalue weighted by Gasteiger charge is -2.08. The van der Waals surface area contributed by atoms with Gasteiger partial charge in [0.05, 0.1) is 15.7 Å². The molecule has 0 spiro atoms. The Labute approximate surface area is 111 Å². The number of halogens is 2. The lowest BCUT2D eigenvalue weighted by Crippen LogP contribution is -1.81. The van der Waals surface area contributed by atoms with Crippen LogP contribution in [0.3, 0.4) is 0 Å². The first-order chi connectivity index (χ1) is 8.22. The van der Waals surface area contributed by atoms with Crippen LogP contribution in [-0.2, 0) is 0 Å². The minimum atomic E-state index is 0.615. The van der Waals surface area contributed by atoms with Crippen molar-refractivity contribution >= 4 is 35.1 Å². The zero-order chi connectivity index (χ0) is 12.3. The van der Waals surface area contributed by atoms with Crippen LogP contribution in [0.4, 0.5) is 5.69 Å². The van der Waals surface area contributed by atoms with Crippen LogP contribution in [0.2, 0.25) is 10.0 Å². The third kappa shape index (κ3) is 2.68. The highest BCUT2D eigenvalue weighted by Gasteiger charge is 2.09. The monoisotopic (exact) mass is 263 g/mol. The van der Waals surface area contributed by atoms with E-state index in [9.17, 15) is 0 Å². The highest BCUT2D eigenvalue weighted by Crippen LogP contribution is 2.37. The number of nitrogens with zero attached hydrogens (tertiary/aromatic N) is 1. The van der Waals surface area contributed by atoms with E-state index in [4.69, 9.17) is 23.2 Å². The molecule has 0 atom stereocenters. The summed E-state index contributed by atoms with van der Waals surface area (Å²) in [5, 5.41) is 1.23. The van der Waals surface area contributed by atoms with Crippen molar-refractivity contribution in [3.8, 4) is 11.1 Å². The smallest absolute Gasteiger partial charge is 0.0655 e. The lowest BCUT2D eigenvalue weighted by atomic mass is 10.1. The van der Waals surface area contributed by atoms with Crippen LogP contribution in [0.1, 0.15) is 6.92 Å². The fraction of sp³-hybridized carbons (Fsp3) is 0.0714. The SMILES string of the molecule is CC=Nc1cc(Cl)c(-c2ccccc2)c(Cl)c1. The minimum Gasteiger partial charge on any atom is -0.261 e. The van der Waals surface area contributed by atoms with Crippen molar-refractivity contribution in [2.75, 3.05) is 0 Å². The Balaban J connectivity index is 2.57. The number of aliphatic imine (C=N–C) groups is 1. The normalized spacial score (nSPS) is 11.0. The van der Waals surface area contributed by atoms with E-state index in [1.807, 2.05) is 49.4 Å². The Morgan fingerprint density at radius 3 is 2.12 bits per heavy atom. The summed E-state index contributed by atoms with van der Waals surface area (Å²) in [6.07, 6.45) is 1.71. The number of benzene rings is 2. The number of hydrogen-bond acceptors (Lipinski definition) is 1. The zero-order valence-electron chi connectivity index (χ0n) is 9.32. The molecule has 2 aromatic carbocycles. The van der Waals surface area contributed by atoms with Gasteiger partial charge in [0.1, 0.15) is 0 Å². The minimum absolute atomic E-state index is 0.615.